The molecule has 16 heavy (non-hydrogen) atoms. The molecular weight excluding hydrogens is 230 g/mol. The summed E-state index contributed by atoms with van der Waals surface area (Å²) in [4.78, 5) is 9.98. The fourth-order valence-electron chi connectivity index (χ4n) is 1.93. The van der Waals surface area contributed by atoms with Crippen molar-refractivity contribution in [3.63, 3.8) is 0 Å². The van der Waals surface area contributed by atoms with Gasteiger partial charge in [0, 0.05) is 12.1 Å². The van der Waals surface area contributed by atoms with Crippen molar-refractivity contribution in [1.82, 2.24) is 0 Å². The van der Waals surface area contributed by atoms with Crippen molar-refractivity contribution in [2.75, 3.05) is 11.5 Å². The highest BCUT2D eigenvalue weighted by Gasteiger charge is 2.29. The van der Waals surface area contributed by atoms with Gasteiger partial charge in [0.15, 0.2) is 9.84 Å². The van der Waals surface area contributed by atoms with Crippen LogP contribution in [0.15, 0.2) is 24.3 Å². The number of hydrogen-bond donors (Lipinski definition) is 0. The van der Waals surface area contributed by atoms with Crippen LogP contribution >= 0.6 is 0 Å². The molecule has 1 aromatic carbocycles. The molecule has 0 radical (unpaired) electrons. The Morgan fingerprint density at radius 2 is 1.88 bits per heavy atom. The first-order chi connectivity index (χ1) is 7.48. The van der Waals surface area contributed by atoms with E-state index in [1.54, 1.807) is 12.1 Å². The number of benzene rings is 1. The second-order valence-electron chi connectivity index (χ2n) is 3.95. The highest BCUT2D eigenvalue weighted by atomic mass is 32.2. The molecular formula is C10H11NO4S. The summed E-state index contributed by atoms with van der Waals surface area (Å²) in [5.74, 6) is 0.366. The fourth-order valence-corrected chi connectivity index (χ4v) is 3.71. The van der Waals surface area contributed by atoms with Crippen molar-refractivity contribution in [1.29, 1.82) is 0 Å². The third kappa shape index (κ3) is 2.21. The number of nitrogens with zero attached hydrogens (tertiary/aromatic N) is 1. The third-order valence-corrected chi connectivity index (χ3v) is 4.58. The number of non-ortho nitro benzene ring substituents is 1. The zero-order valence-electron chi connectivity index (χ0n) is 8.50. The van der Waals surface area contributed by atoms with Gasteiger partial charge >= 0.3 is 0 Å². The third-order valence-electron chi connectivity index (χ3n) is 2.81. The second kappa shape index (κ2) is 3.86. The summed E-state index contributed by atoms with van der Waals surface area (Å²) in [5.41, 5.74) is 0.899. The Balaban J connectivity index is 2.20. The molecule has 0 aromatic heterocycles. The van der Waals surface area contributed by atoms with Crippen LogP contribution in [0.1, 0.15) is 17.9 Å². The molecule has 86 valence electrons. The van der Waals surface area contributed by atoms with E-state index in [9.17, 15) is 18.5 Å². The predicted octanol–water partition coefficient (Wildman–Crippen LogP) is 1.50. The van der Waals surface area contributed by atoms with Crippen molar-refractivity contribution < 1.29 is 13.3 Å². The van der Waals surface area contributed by atoms with E-state index < -0.39 is 14.8 Å². The molecule has 0 amide bonds. The van der Waals surface area contributed by atoms with Gasteiger partial charge in [0.2, 0.25) is 0 Å². The largest absolute Gasteiger partial charge is 0.269 e. The summed E-state index contributed by atoms with van der Waals surface area (Å²) in [6.07, 6.45) is 0.611. The molecule has 1 aromatic rings. The van der Waals surface area contributed by atoms with E-state index in [-0.39, 0.29) is 23.1 Å². The first kappa shape index (κ1) is 11.1. The van der Waals surface area contributed by atoms with Gasteiger partial charge in [-0.05, 0) is 17.9 Å². The maximum atomic E-state index is 11.3. The van der Waals surface area contributed by atoms with Gasteiger partial charge in [-0.3, -0.25) is 10.1 Å². The molecule has 2 rings (SSSR count). The lowest BCUT2D eigenvalue weighted by molar-refractivity contribution is -0.384. The average molecular weight is 241 g/mol. The summed E-state index contributed by atoms with van der Waals surface area (Å²) < 4.78 is 22.6. The molecule has 1 fully saturated rings. The van der Waals surface area contributed by atoms with E-state index in [4.69, 9.17) is 0 Å². The van der Waals surface area contributed by atoms with Gasteiger partial charge in [-0.1, -0.05) is 12.1 Å². The van der Waals surface area contributed by atoms with Crippen LogP contribution in [-0.2, 0) is 9.84 Å². The molecule has 0 N–H and O–H groups in total. The summed E-state index contributed by atoms with van der Waals surface area (Å²) in [5, 5.41) is 10.4. The van der Waals surface area contributed by atoms with Crippen LogP contribution in [-0.4, -0.2) is 24.8 Å². The van der Waals surface area contributed by atoms with Crippen LogP contribution < -0.4 is 0 Å². The molecule has 0 unspecified atom stereocenters. The second-order valence-corrected chi connectivity index (χ2v) is 6.18. The molecule has 1 aliphatic rings. The Morgan fingerprint density at radius 1 is 1.25 bits per heavy atom. The number of hydrogen-bond acceptors (Lipinski definition) is 4. The van der Waals surface area contributed by atoms with Crippen LogP contribution in [0.2, 0.25) is 0 Å². The van der Waals surface area contributed by atoms with Crippen LogP contribution in [0.3, 0.4) is 0 Å². The van der Waals surface area contributed by atoms with Gasteiger partial charge in [0.05, 0.1) is 16.4 Å². The van der Waals surface area contributed by atoms with Crippen molar-refractivity contribution in [3.05, 3.63) is 39.9 Å². The monoisotopic (exact) mass is 241 g/mol. The maximum Gasteiger partial charge on any atom is 0.269 e. The Kier molecular flexibility index (Phi) is 2.67. The van der Waals surface area contributed by atoms with Crippen LogP contribution in [0, 0.1) is 10.1 Å². The van der Waals surface area contributed by atoms with E-state index in [0.717, 1.165) is 5.56 Å². The van der Waals surface area contributed by atoms with E-state index >= 15 is 0 Å². The average Bonchev–Trinajstić information content (AvgIpc) is 2.59. The molecule has 0 aliphatic carbocycles. The molecule has 1 heterocycles. The molecule has 6 heteroatoms. The quantitative estimate of drug-likeness (QED) is 0.580. The Hall–Kier alpha value is -1.43. The number of nitro benzene ring substituents is 1. The smallest absolute Gasteiger partial charge is 0.258 e. The highest BCUT2D eigenvalue weighted by Crippen LogP contribution is 2.29. The number of rotatable bonds is 2. The predicted molar refractivity (Wildman–Crippen MR) is 59.1 cm³/mol. The van der Waals surface area contributed by atoms with E-state index in [2.05, 4.69) is 0 Å². The summed E-state index contributed by atoms with van der Waals surface area (Å²) >= 11 is 0. The molecule has 1 saturated heterocycles. The first-order valence-electron chi connectivity index (χ1n) is 4.93. The molecule has 0 saturated carbocycles. The molecule has 0 spiro atoms. The van der Waals surface area contributed by atoms with Gasteiger partial charge in [0.1, 0.15) is 0 Å². The first-order valence-corrected chi connectivity index (χ1v) is 6.75. The minimum absolute atomic E-state index is 0.00851. The van der Waals surface area contributed by atoms with Gasteiger partial charge in [-0.15, -0.1) is 0 Å². The summed E-state index contributed by atoms with van der Waals surface area (Å²) in [6.45, 7) is 0. The normalized spacial score (nSPS) is 23.1. The van der Waals surface area contributed by atoms with E-state index in [0.29, 0.717) is 6.42 Å². The summed E-state index contributed by atoms with van der Waals surface area (Å²) in [7, 11) is -2.90. The van der Waals surface area contributed by atoms with Crippen LogP contribution in [0.25, 0.3) is 0 Å². The summed E-state index contributed by atoms with van der Waals surface area (Å²) in [6, 6.07) is 6.12. The van der Waals surface area contributed by atoms with Gasteiger partial charge in [-0.2, -0.15) is 0 Å². The molecule has 1 atom stereocenters. The number of nitro groups is 1. The Labute approximate surface area is 93.2 Å². The maximum absolute atomic E-state index is 11.3. The lowest BCUT2D eigenvalue weighted by Crippen LogP contribution is -2.03. The molecule has 1 aliphatic heterocycles. The van der Waals surface area contributed by atoms with Gasteiger partial charge in [0.25, 0.3) is 5.69 Å². The topological polar surface area (TPSA) is 77.3 Å². The SMILES string of the molecule is O=[N+]([O-])c1ccc([C@H]2CCS(=O)(=O)C2)cc1. The fraction of sp³-hybridized carbons (Fsp3) is 0.400. The van der Waals surface area contributed by atoms with Gasteiger partial charge in [-0.25, -0.2) is 8.42 Å². The van der Waals surface area contributed by atoms with Gasteiger partial charge < -0.3 is 0 Å². The Bertz CT molecular complexity index is 506. The molecule has 0 bridgehead atoms. The van der Waals surface area contributed by atoms with Crippen molar-refractivity contribution >= 4 is 15.5 Å². The van der Waals surface area contributed by atoms with Crippen molar-refractivity contribution in [2.24, 2.45) is 0 Å². The Morgan fingerprint density at radius 3 is 2.31 bits per heavy atom. The lowest BCUT2D eigenvalue weighted by Gasteiger charge is -2.06. The van der Waals surface area contributed by atoms with Crippen molar-refractivity contribution in [2.45, 2.75) is 12.3 Å². The minimum Gasteiger partial charge on any atom is -0.258 e. The van der Waals surface area contributed by atoms with Crippen LogP contribution in [0.4, 0.5) is 5.69 Å². The van der Waals surface area contributed by atoms with Crippen LogP contribution in [0.5, 0.6) is 0 Å². The highest BCUT2D eigenvalue weighted by molar-refractivity contribution is 7.91. The lowest BCUT2D eigenvalue weighted by atomic mass is 9.99. The zero-order chi connectivity index (χ0) is 11.8. The standard InChI is InChI=1S/C10H11NO4S/c12-11(13)10-3-1-8(2-4-10)9-5-6-16(14,15)7-9/h1-4,9H,5-7H2/t9-/m0/s1. The zero-order valence-corrected chi connectivity index (χ0v) is 9.31. The minimum atomic E-state index is -2.90. The van der Waals surface area contributed by atoms with Crippen molar-refractivity contribution in [3.8, 4) is 0 Å². The van der Waals surface area contributed by atoms with E-state index in [1.807, 2.05) is 0 Å². The number of sulfone groups is 1. The van der Waals surface area contributed by atoms with E-state index in [1.165, 1.54) is 12.1 Å². The molecule has 5 nitrogen and oxygen atoms in total.